The largest absolute Gasteiger partial charge is 0.496 e. The van der Waals surface area contributed by atoms with Crippen molar-refractivity contribution in [3.05, 3.63) is 63.1 Å². The van der Waals surface area contributed by atoms with E-state index < -0.39 is 0 Å². The summed E-state index contributed by atoms with van der Waals surface area (Å²) in [5, 5.41) is 1.12. The molecule has 0 saturated carbocycles. The second kappa shape index (κ2) is 6.46. The maximum atomic E-state index is 6.27. The normalized spacial score (nSPS) is 12.2. The Morgan fingerprint density at radius 1 is 1.15 bits per heavy atom. The Labute approximate surface area is 128 Å². The van der Waals surface area contributed by atoms with Crippen molar-refractivity contribution < 1.29 is 4.74 Å². The van der Waals surface area contributed by atoms with E-state index in [1.165, 1.54) is 0 Å². The number of hydrogen-bond acceptors (Lipinski definition) is 3. The van der Waals surface area contributed by atoms with Gasteiger partial charge in [-0.1, -0.05) is 47.0 Å². The number of rotatable bonds is 4. The number of hydrogen-bond donors (Lipinski definition) is 2. The first-order chi connectivity index (χ1) is 9.58. The third kappa shape index (κ3) is 2.91. The molecular formula is C15H16Cl2N2O. The first-order valence-electron chi connectivity index (χ1n) is 6.13. The Morgan fingerprint density at radius 2 is 1.80 bits per heavy atom. The van der Waals surface area contributed by atoms with Crippen LogP contribution in [0.15, 0.2) is 36.4 Å². The minimum absolute atomic E-state index is 0.342. The Balaban J connectivity index is 2.61. The summed E-state index contributed by atoms with van der Waals surface area (Å²) >= 11 is 12.5. The molecule has 0 bridgehead atoms. The van der Waals surface area contributed by atoms with Gasteiger partial charge in [0.2, 0.25) is 0 Å². The molecule has 5 heteroatoms. The molecule has 2 aromatic rings. The summed E-state index contributed by atoms with van der Waals surface area (Å²) in [6, 6.07) is 10.9. The molecule has 0 aliphatic heterocycles. The molecule has 0 aliphatic rings. The van der Waals surface area contributed by atoms with E-state index in [-0.39, 0.29) is 6.04 Å². The third-order valence-electron chi connectivity index (χ3n) is 3.15. The van der Waals surface area contributed by atoms with Crippen LogP contribution in [0.25, 0.3) is 0 Å². The lowest BCUT2D eigenvalue weighted by Gasteiger charge is -2.22. The van der Waals surface area contributed by atoms with Gasteiger partial charge in [-0.05, 0) is 25.1 Å². The third-order valence-corrected chi connectivity index (χ3v) is 3.81. The van der Waals surface area contributed by atoms with E-state index in [4.69, 9.17) is 33.8 Å². The van der Waals surface area contributed by atoms with E-state index >= 15 is 0 Å². The van der Waals surface area contributed by atoms with Gasteiger partial charge in [-0.2, -0.15) is 0 Å². The van der Waals surface area contributed by atoms with Crippen molar-refractivity contribution in [1.82, 2.24) is 5.43 Å². The van der Waals surface area contributed by atoms with Gasteiger partial charge >= 0.3 is 0 Å². The molecule has 0 amide bonds. The Morgan fingerprint density at radius 3 is 2.35 bits per heavy atom. The molecule has 0 spiro atoms. The number of benzene rings is 2. The fourth-order valence-electron chi connectivity index (χ4n) is 2.19. The number of methoxy groups -OCH3 is 1. The molecule has 2 aromatic carbocycles. The predicted octanol–water partition coefficient (Wildman–Crippen LogP) is 3.86. The minimum atomic E-state index is -0.342. The van der Waals surface area contributed by atoms with Gasteiger partial charge in [-0.15, -0.1) is 0 Å². The molecular weight excluding hydrogens is 295 g/mol. The van der Waals surface area contributed by atoms with Gasteiger partial charge in [0.15, 0.2) is 0 Å². The first kappa shape index (κ1) is 15.1. The molecule has 2 rings (SSSR count). The van der Waals surface area contributed by atoms with E-state index in [1.807, 2.05) is 25.1 Å². The molecule has 3 nitrogen and oxygen atoms in total. The first-order valence-corrected chi connectivity index (χ1v) is 6.88. The van der Waals surface area contributed by atoms with Gasteiger partial charge in [-0.3, -0.25) is 5.84 Å². The highest BCUT2D eigenvalue weighted by Crippen LogP contribution is 2.37. The van der Waals surface area contributed by atoms with Crippen LogP contribution in [0.5, 0.6) is 5.75 Å². The van der Waals surface area contributed by atoms with Crippen molar-refractivity contribution in [3.8, 4) is 5.75 Å². The minimum Gasteiger partial charge on any atom is -0.496 e. The highest BCUT2D eigenvalue weighted by Gasteiger charge is 2.22. The summed E-state index contributed by atoms with van der Waals surface area (Å²) in [5.41, 5.74) is 5.50. The summed E-state index contributed by atoms with van der Waals surface area (Å²) in [7, 11) is 1.62. The Hall–Kier alpha value is -1.26. The molecule has 20 heavy (non-hydrogen) atoms. The van der Waals surface area contributed by atoms with Gasteiger partial charge in [0, 0.05) is 21.2 Å². The topological polar surface area (TPSA) is 47.3 Å². The summed E-state index contributed by atoms with van der Waals surface area (Å²) in [4.78, 5) is 0. The molecule has 0 saturated heterocycles. The highest BCUT2D eigenvalue weighted by atomic mass is 35.5. The van der Waals surface area contributed by atoms with Gasteiger partial charge in [0.05, 0.1) is 13.2 Å². The molecule has 1 atom stereocenters. The van der Waals surface area contributed by atoms with Gasteiger partial charge < -0.3 is 4.74 Å². The van der Waals surface area contributed by atoms with E-state index in [2.05, 4.69) is 5.43 Å². The zero-order chi connectivity index (χ0) is 14.7. The summed E-state index contributed by atoms with van der Waals surface area (Å²) in [6.07, 6.45) is 0. The maximum Gasteiger partial charge on any atom is 0.124 e. The molecule has 0 aliphatic carbocycles. The van der Waals surface area contributed by atoms with Crippen molar-refractivity contribution >= 4 is 23.2 Å². The number of aryl methyl sites for hydroxylation is 1. The molecule has 106 valence electrons. The van der Waals surface area contributed by atoms with Crippen molar-refractivity contribution in [1.29, 1.82) is 0 Å². The average Bonchev–Trinajstić information content (AvgIpc) is 2.43. The number of halogens is 2. The fourth-order valence-corrected chi connectivity index (χ4v) is 2.81. The van der Waals surface area contributed by atoms with Gasteiger partial charge in [0.25, 0.3) is 0 Å². The van der Waals surface area contributed by atoms with E-state index in [0.717, 1.165) is 22.4 Å². The van der Waals surface area contributed by atoms with Crippen molar-refractivity contribution in [3.63, 3.8) is 0 Å². The van der Waals surface area contributed by atoms with Crippen LogP contribution < -0.4 is 16.0 Å². The van der Waals surface area contributed by atoms with Crippen LogP contribution in [0, 0.1) is 6.92 Å². The second-order valence-corrected chi connectivity index (χ2v) is 5.29. The number of nitrogens with one attached hydrogen (secondary N) is 1. The van der Waals surface area contributed by atoms with Gasteiger partial charge in [0.1, 0.15) is 5.75 Å². The molecule has 0 radical (unpaired) electrons. The summed E-state index contributed by atoms with van der Waals surface area (Å²) < 4.78 is 5.40. The Bertz CT molecular complexity index is 597. The van der Waals surface area contributed by atoms with E-state index in [1.54, 1.807) is 25.3 Å². The lowest BCUT2D eigenvalue weighted by atomic mass is 9.96. The fraction of sp³-hybridized carbons (Fsp3) is 0.200. The quantitative estimate of drug-likeness (QED) is 0.666. The predicted molar refractivity (Wildman–Crippen MR) is 83.4 cm³/mol. The lowest BCUT2D eigenvalue weighted by Crippen LogP contribution is -2.29. The average molecular weight is 311 g/mol. The second-order valence-electron chi connectivity index (χ2n) is 4.48. The summed E-state index contributed by atoms with van der Waals surface area (Å²) in [5.74, 6) is 6.46. The Kier molecular flexibility index (Phi) is 4.89. The van der Waals surface area contributed by atoms with Gasteiger partial charge in [-0.25, -0.2) is 5.43 Å². The van der Waals surface area contributed by atoms with Crippen LogP contribution >= 0.6 is 23.2 Å². The van der Waals surface area contributed by atoms with Crippen LogP contribution in [0.3, 0.4) is 0 Å². The number of nitrogens with two attached hydrogens (primary N) is 1. The number of ether oxygens (including phenoxy) is 1. The molecule has 0 fully saturated rings. The molecule has 0 heterocycles. The molecule has 3 N–H and O–H groups in total. The number of hydrazine groups is 1. The lowest BCUT2D eigenvalue weighted by molar-refractivity contribution is 0.404. The van der Waals surface area contributed by atoms with Crippen LogP contribution in [-0.2, 0) is 0 Å². The standard InChI is InChI=1S/C15H16Cl2N2O/c1-9-6-7-13(20-2)10(8-9)15(19-18)14-11(16)4-3-5-12(14)17/h3-8,15,19H,18H2,1-2H3. The van der Waals surface area contributed by atoms with Crippen molar-refractivity contribution in [2.45, 2.75) is 13.0 Å². The zero-order valence-electron chi connectivity index (χ0n) is 11.3. The van der Waals surface area contributed by atoms with E-state index in [9.17, 15) is 0 Å². The van der Waals surface area contributed by atoms with Crippen LogP contribution in [0.2, 0.25) is 10.0 Å². The van der Waals surface area contributed by atoms with Crippen molar-refractivity contribution in [2.75, 3.05) is 7.11 Å². The van der Waals surface area contributed by atoms with Crippen LogP contribution in [-0.4, -0.2) is 7.11 Å². The monoisotopic (exact) mass is 310 g/mol. The maximum absolute atomic E-state index is 6.27. The zero-order valence-corrected chi connectivity index (χ0v) is 12.8. The SMILES string of the molecule is COc1ccc(C)cc1C(NN)c1c(Cl)cccc1Cl. The van der Waals surface area contributed by atoms with Crippen LogP contribution in [0.1, 0.15) is 22.7 Å². The van der Waals surface area contributed by atoms with Crippen LogP contribution in [0.4, 0.5) is 0 Å². The highest BCUT2D eigenvalue weighted by molar-refractivity contribution is 6.36. The smallest absolute Gasteiger partial charge is 0.124 e. The van der Waals surface area contributed by atoms with Crippen molar-refractivity contribution in [2.24, 2.45) is 5.84 Å². The summed E-state index contributed by atoms with van der Waals surface area (Å²) in [6.45, 7) is 2.00. The molecule has 1 unspecified atom stereocenters. The van der Waals surface area contributed by atoms with E-state index in [0.29, 0.717) is 10.0 Å². The molecule has 0 aromatic heterocycles.